The van der Waals surface area contributed by atoms with E-state index >= 15 is 0 Å². The Kier molecular flexibility index (Phi) is 14.2. The molecule has 1 aliphatic carbocycles. The molecular formula is C38H43CoP2. The van der Waals surface area contributed by atoms with E-state index in [1.807, 2.05) is 30.7 Å². The smallest absolute Gasteiger partial charge is 0.00506 e. The van der Waals surface area contributed by atoms with Crippen molar-refractivity contribution in [1.82, 2.24) is 0 Å². The van der Waals surface area contributed by atoms with Gasteiger partial charge in [-0.2, -0.15) is 0 Å². The fraction of sp³-hybridized carbons (Fsp3) is 0.237. The zero-order valence-corrected chi connectivity index (χ0v) is 28.0. The molecule has 0 bridgehead atoms. The van der Waals surface area contributed by atoms with Crippen molar-refractivity contribution in [1.29, 1.82) is 0 Å². The van der Waals surface area contributed by atoms with Gasteiger partial charge >= 0.3 is 115 Å². The second-order valence-corrected chi connectivity index (χ2v) is 14.4. The number of hydrogen-bond donors (Lipinski definition) is 0. The van der Waals surface area contributed by atoms with E-state index in [-0.39, 0.29) is 0 Å². The van der Waals surface area contributed by atoms with Crippen LogP contribution in [0.2, 0.25) is 0 Å². The fourth-order valence-electron chi connectivity index (χ4n) is 4.50. The quantitative estimate of drug-likeness (QED) is 0.181. The molecule has 1 radical (unpaired) electrons. The first-order valence-electron chi connectivity index (χ1n) is 14.4. The summed E-state index contributed by atoms with van der Waals surface area (Å²) in [5, 5.41) is 5.61. The number of benzene rings is 4. The van der Waals surface area contributed by atoms with Crippen LogP contribution < -0.4 is 21.2 Å². The molecule has 0 atom stereocenters. The van der Waals surface area contributed by atoms with Crippen LogP contribution in [0.1, 0.15) is 76.0 Å². The molecule has 0 amide bonds. The van der Waals surface area contributed by atoms with E-state index in [0.717, 1.165) is 6.87 Å². The van der Waals surface area contributed by atoms with Gasteiger partial charge in [0.1, 0.15) is 0 Å². The van der Waals surface area contributed by atoms with E-state index in [1.54, 1.807) is 0 Å². The topological polar surface area (TPSA) is 0 Å². The van der Waals surface area contributed by atoms with Gasteiger partial charge in [0.15, 0.2) is 0 Å². The Morgan fingerprint density at radius 1 is 0.512 bits per heavy atom. The molecule has 4 aromatic rings. The Morgan fingerprint density at radius 2 is 0.878 bits per heavy atom. The molecular weight excluding hydrogens is 577 g/mol. The molecule has 5 rings (SSSR count). The summed E-state index contributed by atoms with van der Waals surface area (Å²) in [5.41, 5.74) is 4.39. The minimum absolute atomic E-state index is 0.446. The van der Waals surface area contributed by atoms with Gasteiger partial charge in [0, 0.05) is 6.42 Å². The van der Waals surface area contributed by atoms with Gasteiger partial charge in [-0.15, -0.1) is 0 Å². The molecule has 0 N–H and O–H groups in total. The van der Waals surface area contributed by atoms with Gasteiger partial charge in [-0.25, -0.2) is 0 Å². The molecule has 1 aliphatic rings. The van der Waals surface area contributed by atoms with Crippen LogP contribution in [0.3, 0.4) is 0 Å². The summed E-state index contributed by atoms with van der Waals surface area (Å²) in [6.45, 7) is 14.7. The van der Waals surface area contributed by atoms with Crippen molar-refractivity contribution in [2.75, 3.05) is 0 Å². The van der Waals surface area contributed by atoms with Gasteiger partial charge in [0.25, 0.3) is 0 Å². The SMILES string of the molecule is CC(C)c1cc(C(C)C)c([P]=[Co])c(C(C)C)c1.[CH]1C=CC=C1.c1ccc(P(c2ccccc2)c2ccccc2)cc1. The third-order valence-corrected chi connectivity index (χ3v) is 10.6. The molecule has 41 heavy (non-hydrogen) atoms. The maximum Gasteiger partial charge on any atom is 0.00506 e. The Bertz CT molecular complexity index is 1260. The molecule has 3 heteroatoms. The molecule has 214 valence electrons. The third-order valence-electron chi connectivity index (χ3n) is 6.78. The van der Waals surface area contributed by atoms with Crippen molar-refractivity contribution in [3.63, 3.8) is 0 Å². The Labute approximate surface area is 259 Å². The van der Waals surface area contributed by atoms with Gasteiger partial charge in [-0.05, 0) is 23.8 Å². The van der Waals surface area contributed by atoms with Gasteiger partial charge in [0.2, 0.25) is 0 Å². The monoisotopic (exact) mass is 620 g/mol. The molecule has 0 saturated carbocycles. The summed E-state index contributed by atoms with van der Waals surface area (Å²) in [6, 6.07) is 37.1. The van der Waals surface area contributed by atoms with E-state index in [4.69, 9.17) is 0 Å². The van der Waals surface area contributed by atoms with Crippen molar-refractivity contribution >= 4 is 36.0 Å². The largest absolute Gasteiger partial charge is 0.0767 e. The number of rotatable bonds is 7. The maximum atomic E-state index is 4.55. The molecule has 0 saturated heterocycles. The molecule has 0 spiro atoms. The average molecular weight is 621 g/mol. The van der Waals surface area contributed by atoms with E-state index in [9.17, 15) is 0 Å². The summed E-state index contributed by atoms with van der Waals surface area (Å²) in [4.78, 5) is 0. The van der Waals surface area contributed by atoms with E-state index in [2.05, 4.69) is 160 Å². The predicted octanol–water partition coefficient (Wildman–Crippen LogP) is 9.85. The first-order valence-corrected chi connectivity index (χ1v) is 17.9. The van der Waals surface area contributed by atoms with Crippen LogP contribution in [0.15, 0.2) is 127 Å². The van der Waals surface area contributed by atoms with Gasteiger partial charge in [-0.3, -0.25) is 0 Å². The molecule has 0 fully saturated rings. The van der Waals surface area contributed by atoms with Crippen molar-refractivity contribution < 1.29 is 14.8 Å². The Morgan fingerprint density at radius 3 is 1.12 bits per heavy atom. The van der Waals surface area contributed by atoms with E-state index in [1.165, 1.54) is 37.9 Å². The first kappa shape index (κ1) is 33.1. The van der Waals surface area contributed by atoms with Crippen molar-refractivity contribution in [2.24, 2.45) is 0 Å². The molecule has 0 aromatic heterocycles. The van der Waals surface area contributed by atoms with Crippen LogP contribution in [0.25, 0.3) is 0 Å². The van der Waals surface area contributed by atoms with Gasteiger partial charge in [-0.1, -0.05) is 115 Å². The fourth-order valence-corrected chi connectivity index (χ4v) is 8.43. The summed E-state index contributed by atoms with van der Waals surface area (Å²) >= 11 is 4.55. The van der Waals surface area contributed by atoms with Crippen LogP contribution >= 0.6 is 14.8 Å². The molecule has 0 nitrogen and oxygen atoms in total. The molecule has 0 aliphatic heterocycles. The van der Waals surface area contributed by atoms with Crippen molar-refractivity contribution in [2.45, 2.75) is 59.3 Å². The Hall–Kier alpha value is -2.40. The molecule has 4 aromatic carbocycles. The van der Waals surface area contributed by atoms with E-state index < -0.39 is 7.92 Å². The zero-order chi connectivity index (χ0) is 29.6. The molecule has 0 heterocycles. The second kappa shape index (κ2) is 17.5. The van der Waals surface area contributed by atoms with Crippen LogP contribution in [0.5, 0.6) is 0 Å². The normalized spacial score (nSPS) is 12.1. The van der Waals surface area contributed by atoms with Crippen LogP contribution in [-0.4, -0.2) is 0 Å². The minimum atomic E-state index is -0.446. The van der Waals surface area contributed by atoms with Crippen molar-refractivity contribution in [3.05, 3.63) is 151 Å². The van der Waals surface area contributed by atoms with Crippen LogP contribution in [0.4, 0.5) is 0 Å². The van der Waals surface area contributed by atoms with Gasteiger partial charge < -0.3 is 0 Å². The maximum absolute atomic E-state index is 4.55. The first-order chi connectivity index (χ1) is 19.8. The number of allylic oxidation sites excluding steroid dienone is 4. The van der Waals surface area contributed by atoms with Crippen LogP contribution in [0, 0.1) is 6.42 Å². The Balaban J connectivity index is 0.000000194. The van der Waals surface area contributed by atoms with Crippen LogP contribution in [-0.2, 0) is 14.8 Å². The second-order valence-electron chi connectivity index (χ2n) is 10.9. The average Bonchev–Trinajstić information content (AvgIpc) is 3.59. The minimum Gasteiger partial charge on any atom is -0.0767 e. The van der Waals surface area contributed by atoms with Gasteiger partial charge in [0.05, 0.1) is 0 Å². The standard InChI is InChI=1S/C18H15P.C15H23P.C5H5.Co/c1-4-10-16(11-5-1)19(17-12-6-2-7-13-17)18-14-8-3-9-15-18;1-9(2)12-7-13(10(3)4)15(16)14(8-12)11(5)6;1-2-4-5-3-1;/h1-15H;7-11H,1-6H3;1-5H;. The van der Waals surface area contributed by atoms with Crippen molar-refractivity contribution in [3.8, 4) is 0 Å². The predicted molar refractivity (Wildman–Crippen MR) is 183 cm³/mol. The summed E-state index contributed by atoms with van der Waals surface area (Å²) in [6.07, 6.45) is 10.0. The number of hydrogen-bond acceptors (Lipinski definition) is 0. The summed E-state index contributed by atoms with van der Waals surface area (Å²) in [7, 11) is -0.446. The third kappa shape index (κ3) is 10.1. The molecule has 0 unspecified atom stereocenters. The summed E-state index contributed by atoms with van der Waals surface area (Å²) in [5.74, 6) is 1.73. The van der Waals surface area contributed by atoms with E-state index in [0.29, 0.717) is 17.8 Å². The zero-order valence-electron chi connectivity index (χ0n) is 25.2. The summed E-state index contributed by atoms with van der Waals surface area (Å²) < 4.78 is 0.